The van der Waals surface area contributed by atoms with E-state index in [0.29, 0.717) is 6.42 Å². The number of aliphatic hydroxyl groups is 3. The minimum atomic E-state index is -0.125. The van der Waals surface area contributed by atoms with Crippen LogP contribution in [0.25, 0.3) is 0 Å². The summed E-state index contributed by atoms with van der Waals surface area (Å²) in [7, 11) is 0. The summed E-state index contributed by atoms with van der Waals surface area (Å²) in [6.45, 7) is 3.04. The van der Waals surface area contributed by atoms with Crippen LogP contribution in [0.15, 0.2) is 11.8 Å². The Morgan fingerprint density at radius 1 is 1.23 bits per heavy atom. The molecule has 0 spiro atoms. The van der Waals surface area contributed by atoms with Crippen LogP contribution in [0.4, 0.5) is 0 Å². The Balaban J connectivity index is -0.000000150. The Kier molecular flexibility index (Phi) is 20.6. The molecule has 0 bridgehead atoms. The second-order valence-corrected chi connectivity index (χ2v) is 2.20. The first-order valence-electron chi connectivity index (χ1n) is 3.64. The van der Waals surface area contributed by atoms with Crippen LogP contribution in [0.2, 0.25) is 0 Å². The predicted molar refractivity (Wildman–Crippen MR) is 45.9 cm³/mol. The second kappa shape index (κ2) is 14.4. The molecule has 0 radical (unpaired) electrons. The van der Waals surface area contributed by atoms with Crippen LogP contribution >= 0.6 is 0 Å². The third kappa shape index (κ3) is 33.6. The first-order valence-corrected chi connectivity index (χ1v) is 3.64. The van der Waals surface area contributed by atoms with Crippen LogP contribution < -0.4 is 0 Å². The maximum atomic E-state index is 10.0. The molecule has 5 heteroatoms. The molecule has 0 unspecified atom stereocenters. The molecular weight excluding hydrogens is 208 g/mol. The molecule has 0 aliphatic heterocycles. The number of ketones is 1. The zero-order valence-corrected chi connectivity index (χ0v) is 9.51. The van der Waals surface area contributed by atoms with E-state index in [4.69, 9.17) is 15.3 Å². The summed E-state index contributed by atoms with van der Waals surface area (Å²) in [6.07, 6.45) is 1.67. The molecule has 0 rings (SSSR count). The van der Waals surface area contributed by atoms with Crippen molar-refractivity contribution < 1.29 is 41.8 Å². The quantitative estimate of drug-likeness (QED) is 0.368. The van der Waals surface area contributed by atoms with Gasteiger partial charge >= 0.3 is 0 Å². The summed E-state index contributed by atoms with van der Waals surface area (Å²) in [5.74, 6) is -0.0625. The summed E-state index contributed by atoms with van der Waals surface area (Å²) in [6, 6.07) is 0. The van der Waals surface area contributed by atoms with E-state index in [9.17, 15) is 4.79 Å². The molecule has 0 saturated heterocycles. The number of carbonyl (C=O) groups is 1. The van der Waals surface area contributed by atoms with E-state index in [1.807, 2.05) is 0 Å². The van der Waals surface area contributed by atoms with E-state index in [-0.39, 0.29) is 46.5 Å². The van der Waals surface area contributed by atoms with E-state index in [2.05, 4.69) is 0 Å². The fourth-order valence-electron chi connectivity index (χ4n) is 0.365. The molecule has 4 nitrogen and oxygen atoms in total. The summed E-state index contributed by atoms with van der Waals surface area (Å²) >= 11 is 0. The van der Waals surface area contributed by atoms with Crippen LogP contribution in [0.1, 0.15) is 20.3 Å². The van der Waals surface area contributed by atoms with Gasteiger partial charge in [0.05, 0.1) is 5.76 Å². The number of allylic oxidation sites excluding steroid dienone is 2. The molecule has 0 aliphatic carbocycles. The Bertz CT molecular complexity index is 139. The number of hydrogen-bond acceptors (Lipinski definition) is 4. The van der Waals surface area contributed by atoms with Gasteiger partial charge in [-0.3, -0.25) is 4.79 Å². The van der Waals surface area contributed by atoms with Gasteiger partial charge in [0.2, 0.25) is 0 Å². The van der Waals surface area contributed by atoms with Crippen LogP contribution in [0, 0.1) is 0 Å². The van der Waals surface area contributed by atoms with E-state index in [1.54, 1.807) is 0 Å². The van der Waals surface area contributed by atoms with Crippen molar-refractivity contribution in [2.24, 2.45) is 0 Å². The van der Waals surface area contributed by atoms with Crippen molar-refractivity contribution in [3.63, 3.8) is 0 Å². The number of rotatable bonds is 3. The van der Waals surface area contributed by atoms with Crippen LogP contribution in [-0.2, 0) is 26.5 Å². The Morgan fingerprint density at radius 3 is 1.62 bits per heavy atom. The van der Waals surface area contributed by atoms with Crippen molar-refractivity contribution >= 4 is 5.78 Å². The monoisotopic (exact) mass is 224 g/mol. The fourth-order valence-corrected chi connectivity index (χ4v) is 0.365. The second-order valence-electron chi connectivity index (χ2n) is 2.20. The SMILES string of the molecule is CC(=O)/C=C(/C)O.OCCCO.[Ti]. The molecule has 76 valence electrons. The molecule has 0 aromatic heterocycles. The summed E-state index contributed by atoms with van der Waals surface area (Å²) in [5.41, 5.74) is 0. The van der Waals surface area contributed by atoms with Crippen molar-refractivity contribution in [1.82, 2.24) is 0 Å². The smallest absolute Gasteiger partial charge is 0.155 e. The van der Waals surface area contributed by atoms with Gasteiger partial charge in [-0.25, -0.2) is 0 Å². The molecule has 0 aromatic carbocycles. The largest absolute Gasteiger partial charge is 0.512 e. The normalized spacial score (nSPS) is 9.38. The predicted octanol–water partition coefficient (Wildman–Crippen LogP) is 0.396. The van der Waals surface area contributed by atoms with Crippen molar-refractivity contribution in [3.05, 3.63) is 11.8 Å². The molecule has 0 fully saturated rings. The molecule has 0 amide bonds. The van der Waals surface area contributed by atoms with E-state index in [0.717, 1.165) is 0 Å². The average molecular weight is 224 g/mol. The van der Waals surface area contributed by atoms with E-state index in [1.165, 1.54) is 19.9 Å². The molecule has 3 N–H and O–H groups in total. The van der Waals surface area contributed by atoms with Gasteiger partial charge in [0.25, 0.3) is 0 Å². The zero-order valence-electron chi connectivity index (χ0n) is 7.95. The fraction of sp³-hybridized carbons (Fsp3) is 0.625. The molecule has 0 atom stereocenters. The molecule has 0 heterocycles. The average Bonchev–Trinajstić information content (AvgIpc) is 1.87. The van der Waals surface area contributed by atoms with Crippen LogP contribution in [0.5, 0.6) is 0 Å². The van der Waals surface area contributed by atoms with Crippen molar-refractivity contribution in [1.29, 1.82) is 0 Å². The number of carbonyl (C=O) groups excluding carboxylic acids is 1. The number of hydrogen-bond donors (Lipinski definition) is 3. The summed E-state index contributed by atoms with van der Waals surface area (Å²) in [4.78, 5) is 10.0. The molecule has 0 saturated carbocycles. The Morgan fingerprint density at radius 2 is 1.62 bits per heavy atom. The van der Waals surface area contributed by atoms with Crippen molar-refractivity contribution in [2.45, 2.75) is 20.3 Å². The van der Waals surface area contributed by atoms with Gasteiger partial charge < -0.3 is 15.3 Å². The first-order chi connectivity index (χ1) is 5.54. The Hall–Kier alpha value is -0.156. The van der Waals surface area contributed by atoms with Gasteiger partial charge in [0.15, 0.2) is 5.78 Å². The minimum absolute atomic E-state index is 0. The maximum Gasteiger partial charge on any atom is 0.155 e. The van der Waals surface area contributed by atoms with E-state index >= 15 is 0 Å². The van der Waals surface area contributed by atoms with Crippen molar-refractivity contribution in [2.75, 3.05) is 13.2 Å². The van der Waals surface area contributed by atoms with Gasteiger partial charge in [0, 0.05) is 41.0 Å². The van der Waals surface area contributed by atoms with Crippen LogP contribution in [0.3, 0.4) is 0 Å². The molecule has 0 aromatic rings. The molecule has 13 heavy (non-hydrogen) atoms. The summed E-state index contributed by atoms with van der Waals surface area (Å²) < 4.78 is 0. The Labute approximate surface area is 93.2 Å². The molecule has 0 aliphatic rings. The van der Waals surface area contributed by atoms with Gasteiger partial charge in [0.1, 0.15) is 0 Å². The van der Waals surface area contributed by atoms with Gasteiger partial charge in [-0.15, -0.1) is 0 Å². The van der Waals surface area contributed by atoms with Gasteiger partial charge in [-0.05, 0) is 20.3 Å². The first kappa shape index (κ1) is 18.6. The summed E-state index contributed by atoms with van der Waals surface area (Å²) in [5, 5.41) is 24.2. The minimum Gasteiger partial charge on any atom is -0.512 e. The van der Waals surface area contributed by atoms with Gasteiger partial charge in [-0.1, -0.05) is 0 Å². The molecular formula is C8H16O4Ti. The third-order valence-electron chi connectivity index (χ3n) is 0.728. The maximum absolute atomic E-state index is 10.0. The number of aliphatic hydroxyl groups excluding tert-OH is 3. The van der Waals surface area contributed by atoms with E-state index < -0.39 is 0 Å². The van der Waals surface area contributed by atoms with Crippen molar-refractivity contribution in [3.8, 4) is 0 Å². The van der Waals surface area contributed by atoms with Crippen LogP contribution in [-0.4, -0.2) is 34.3 Å². The third-order valence-corrected chi connectivity index (χ3v) is 0.728. The van der Waals surface area contributed by atoms with Gasteiger partial charge in [-0.2, -0.15) is 0 Å². The standard InChI is InChI=1S/C5H8O2.C3H8O2.Ti/c1-4(6)3-5(2)7;4-2-1-3-5;/h3,6H,1-2H3;4-5H,1-3H2;/b4-3-;;. The topological polar surface area (TPSA) is 77.8 Å². The zero-order chi connectivity index (χ0) is 9.98.